The number of hydrogen-bond donors (Lipinski definition) is 1. The predicted molar refractivity (Wildman–Crippen MR) is 79.3 cm³/mol. The van der Waals surface area contributed by atoms with Crippen LogP contribution in [0.4, 0.5) is 13.2 Å². The van der Waals surface area contributed by atoms with E-state index in [9.17, 15) is 13.2 Å². The molecule has 0 saturated heterocycles. The molecule has 1 N–H and O–H groups in total. The predicted octanol–water partition coefficient (Wildman–Crippen LogP) is 5.14. The van der Waals surface area contributed by atoms with Crippen LogP contribution in [-0.2, 0) is 12.7 Å². The van der Waals surface area contributed by atoms with Crippen LogP contribution < -0.4 is 5.32 Å². The van der Waals surface area contributed by atoms with E-state index in [0.29, 0.717) is 22.7 Å². The van der Waals surface area contributed by atoms with Crippen molar-refractivity contribution in [2.24, 2.45) is 0 Å². The van der Waals surface area contributed by atoms with E-state index >= 15 is 0 Å². The first kappa shape index (κ1) is 15.9. The lowest BCUT2D eigenvalue weighted by Crippen LogP contribution is -2.11. The monoisotopic (exact) mass is 313 g/mol. The summed E-state index contributed by atoms with van der Waals surface area (Å²) in [5, 5.41) is 3.62. The van der Waals surface area contributed by atoms with Gasteiger partial charge in [-0.3, -0.25) is 0 Å². The topological polar surface area (TPSA) is 12.0 Å². The Morgan fingerprint density at radius 2 is 1.86 bits per heavy atom. The van der Waals surface area contributed by atoms with E-state index in [4.69, 9.17) is 11.6 Å². The van der Waals surface area contributed by atoms with Crippen LogP contribution >= 0.6 is 11.6 Å². The molecular weight excluding hydrogens is 299 g/mol. The van der Waals surface area contributed by atoms with Gasteiger partial charge in [-0.1, -0.05) is 42.8 Å². The third kappa shape index (κ3) is 3.99. The van der Waals surface area contributed by atoms with E-state index in [1.807, 2.05) is 13.0 Å². The van der Waals surface area contributed by atoms with Crippen LogP contribution in [0.2, 0.25) is 5.02 Å². The molecule has 5 heteroatoms. The average Bonchev–Trinajstić information content (AvgIpc) is 2.44. The van der Waals surface area contributed by atoms with E-state index in [1.165, 1.54) is 6.07 Å². The molecule has 0 spiro atoms. The maximum Gasteiger partial charge on any atom is 0.416 e. The Morgan fingerprint density at radius 3 is 2.48 bits per heavy atom. The molecule has 0 aliphatic heterocycles. The molecule has 0 aliphatic carbocycles. The van der Waals surface area contributed by atoms with Gasteiger partial charge in [0, 0.05) is 17.1 Å². The van der Waals surface area contributed by atoms with E-state index in [0.717, 1.165) is 24.2 Å². The van der Waals surface area contributed by atoms with E-state index < -0.39 is 11.7 Å². The highest BCUT2D eigenvalue weighted by Gasteiger charge is 2.30. The molecule has 21 heavy (non-hydrogen) atoms. The minimum Gasteiger partial charge on any atom is -0.313 e. The van der Waals surface area contributed by atoms with Gasteiger partial charge in [-0.25, -0.2) is 0 Å². The van der Waals surface area contributed by atoms with Crippen LogP contribution in [0.1, 0.15) is 18.1 Å². The molecule has 2 aromatic carbocycles. The van der Waals surface area contributed by atoms with Crippen molar-refractivity contribution in [3.8, 4) is 11.1 Å². The van der Waals surface area contributed by atoms with Gasteiger partial charge in [-0.2, -0.15) is 13.2 Å². The van der Waals surface area contributed by atoms with Crippen molar-refractivity contribution in [2.75, 3.05) is 6.54 Å². The fraction of sp³-hybridized carbons (Fsp3) is 0.250. The van der Waals surface area contributed by atoms with E-state index in [2.05, 4.69) is 5.32 Å². The van der Waals surface area contributed by atoms with Crippen molar-refractivity contribution in [2.45, 2.75) is 19.6 Å². The van der Waals surface area contributed by atoms with Gasteiger partial charge in [0.1, 0.15) is 0 Å². The number of halogens is 4. The Bertz CT molecular complexity index is 623. The standard InChI is InChI=1S/C16H15ClF3N/c1-2-21-10-11-6-7-14(15(17)8-11)12-4-3-5-13(9-12)16(18,19)20/h3-9,21H,2,10H2,1H3. The zero-order chi connectivity index (χ0) is 15.5. The molecule has 1 nitrogen and oxygen atoms in total. The Morgan fingerprint density at radius 1 is 1.10 bits per heavy atom. The van der Waals surface area contributed by atoms with Crippen molar-refractivity contribution in [3.05, 3.63) is 58.6 Å². The number of benzene rings is 2. The van der Waals surface area contributed by atoms with Gasteiger partial charge in [0.2, 0.25) is 0 Å². The lowest BCUT2D eigenvalue weighted by atomic mass is 10.0. The Kier molecular flexibility index (Phi) is 4.91. The first-order valence-electron chi connectivity index (χ1n) is 6.58. The van der Waals surface area contributed by atoms with Crippen molar-refractivity contribution in [1.82, 2.24) is 5.32 Å². The molecule has 112 valence electrons. The van der Waals surface area contributed by atoms with Crippen LogP contribution in [-0.4, -0.2) is 6.54 Å². The minimum absolute atomic E-state index is 0.449. The van der Waals surface area contributed by atoms with E-state index in [1.54, 1.807) is 18.2 Å². The highest BCUT2D eigenvalue weighted by Crippen LogP contribution is 2.34. The molecule has 0 radical (unpaired) electrons. The highest BCUT2D eigenvalue weighted by molar-refractivity contribution is 6.33. The zero-order valence-electron chi connectivity index (χ0n) is 11.5. The summed E-state index contributed by atoms with van der Waals surface area (Å²) < 4.78 is 38.2. The Hall–Kier alpha value is -1.52. The van der Waals surface area contributed by atoms with Gasteiger partial charge in [-0.15, -0.1) is 0 Å². The summed E-state index contributed by atoms with van der Waals surface area (Å²) in [6.45, 7) is 3.52. The van der Waals surface area contributed by atoms with E-state index in [-0.39, 0.29) is 0 Å². The third-order valence-corrected chi connectivity index (χ3v) is 3.43. The summed E-state index contributed by atoms with van der Waals surface area (Å²) >= 11 is 6.20. The molecule has 2 rings (SSSR count). The average molecular weight is 314 g/mol. The number of nitrogens with one attached hydrogen (secondary N) is 1. The molecule has 0 amide bonds. The van der Waals surface area contributed by atoms with Crippen molar-refractivity contribution < 1.29 is 13.2 Å². The summed E-state index contributed by atoms with van der Waals surface area (Å²) in [7, 11) is 0. The number of alkyl halides is 3. The minimum atomic E-state index is -4.35. The second-order valence-electron chi connectivity index (χ2n) is 4.67. The maximum atomic E-state index is 12.7. The molecule has 0 heterocycles. The zero-order valence-corrected chi connectivity index (χ0v) is 12.2. The van der Waals surface area contributed by atoms with Crippen molar-refractivity contribution in [1.29, 1.82) is 0 Å². The van der Waals surface area contributed by atoms with Gasteiger partial charge in [-0.05, 0) is 35.9 Å². The summed E-state index contributed by atoms with van der Waals surface area (Å²) in [5.41, 5.74) is 1.39. The lowest BCUT2D eigenvalue weighted by Gasteiger charge is -2.11. The fourth-order valence-corrected chi connectivity index (χ4v) is 2.35. The lowest BCUT2D eigenvalue weighted by molar-refractivity contribution is -0.137. The SMILES string of the molecule is CCNCc1ccc(-c2cccc(C(F)(F)F)c2)c(Cl)c1. The molecule has 0 bridgehead atoms. The Labute approximate surface area is 126 Å². The van der Waals surface area contributed by atoms with Crippen LogP contribution in [0.3, 0.4) is 0 Å². The molecule has 0 unspecified atom stereocenters. The summed E-state index contributed by atoms with van der Waals surface area (Å²) in [6.07, 6.45) is -4.35. The molecular formula is C16H15ClF3N. The number of hydrogen-bond acceptors (Lipinski definition) is 1. The van der Waals surface area contributed by atoms with Gasteiger partial charge in [0.25, 0.3) is 0 Å². The highest BCUT2D eigenvalue weighted by atomic mass is 35.5. The molecule has 0 saturated carbocycles. The van der Waals surface area contributed by atoms with Crippen molar-refractivity contribution in [3.63, 3.8) is 0 Å². The largest absolute Gasteiger partial charge is 0.416 e. The first-order chi connectivity index (χ1) is 9.91. The fourth-order valence-electron chi connectivity index (χ4n) is 2.04. The van der Waals surface area contributed by atoms with Crippen LogP contribution in [0.25, 0.3) is 11.1 Å². The van der Waals surface area contributed by atoms with Crippen molar-refractivity contribution >= 4 is 11.6 Å². The summed E-state index contributed by atoms with van der Waals surface area (Å²) in [5.74, 6) is 0. The van der Waals surface area contributed by atoms with Crippen LogP contribution in [0.5, 0.6) is 0 Å². The molecule has 0 atom stereocenters. The van der Waals surface area contributed by atoms with Crippen LogP contribution in [0, 0.1) is 0 Å². The smallest absolute Gasteiger partial charge is 0.313 e. The van der Waals surface area contributed by atoms with Gasteiger partial charge >= 0.3 is 6.18 Å². The van der Waals surface area contributed by atoms with Gasteiger partial charge < -0.3 is 5.32 Å². The second kappa shape index (κ2) is 6.50. The van der Waals surface area contributed by atoms with Gasteiger partial charge in [0.15, 0.2) is 0 Å². The number of rotatable bonds is 4. The normalized spacial score (nSPS) is 11.7. The quantitative estimate of drug-likeness (QED) is 0.824. The first-order valence-corrected chi connectivity index (χ1v) is 6.96. The molecule has 0 aliphatic rings. The van der Waals surface area contributed by atoms with Crippen LogP contribution in [0.15, 0.2) is 42.5 Å². The molecule has 0 aromatic heterocycles. The Balaban J connectivity index is 2.34. The van der Waals surface area contributed by atoms with Gasteiger partial charge in [0.05, 0.1) is 5.56 Å². The summed E-state index contributed by atoms with van der Waals surface area (Å²) in [6, 6.07) is 10.6. The summed E-state index contributed by atoms with van der Waals surface area (Å²) in [4.78, 5) is 0. The third-order valence-electron chi connectivity index (χ3n) is 3.11. The maximum absolute atomic E-state index is 12.7. The molecule has 0 fully saturated rings. The second-order valence-corrected chi connectivity index (χ2v) is 5.08. The molecule has 2 aromatic rings.